The number of hydrogen-bond acceptors (Lipinski definition) is 2. The van der Waals surface area contributed by atoms with Crippen molar-refractivity contribution in [1.29, 1.82) is 0 Å². The van der Waals surface area contributed by atoms with E-state index in [9.17, 15) is 0 Å². The van der Waals surface area contributed by atoms with Gasteiger partial charge in [0, 0.05) is 18.6 Å². The molecular weight excluding hydrogens is 162 g/mol. The van der Waals surface area contributed by atoms with Gasteiger partial charge in [-0.3, -0.25) is 4.98 Å². The molecule has 2 rings (SSSR count). The van der Waals surface area contributed by atoms with Gasteiger partial charge in [0.1, 0.15) is 0 Å². The van der Waals surface area contributed by atoms with Crippen LogP contribution in [0.15, 0.2) is 24.8 Å². The summed E-state index contributed by atoms with van der Waals surface area (Å²) in [5, 5.41) is 0. The molecule has 0 spiro atoms. The summed E-state index contributed by atoms with van der Waals surface area (Å²) in [5.41, 5.74) is 1.92. The zero-order chi connectivity index (χ0) is 6.97. The van der Waals surface area contributed by atoms with Gasteiger partial charge in [-0.15, -0.1) is 12.4 Å². The van der Waals surface area contributed by atoms with Crippen LogP contribution in [0.5, 0.6) is 0 Å². The quantitative estimate of drug-likeness (QED) is 0.598. The Kier molecular flexibility index (Phi) is 2.10. The minimum atomic E-state index is 0. The minimum Gasteiger partial charge on any atom is -0.304 e. The lowest BCUT2D eigenvalue weighted by atomic mass is 10.6. The monoisotopic (exact) mass is 169 g/mol. The molecule has 0 saturated heterocycles. The van der Waals surface area contributed by atoms with Gasteiger partial charge in [-0.05, 0) is 6.92 Å². The molecule has 0 aromatic carbocycles. The Bertz CT molecular complexity index is 322. The fourth-order valence-electron chi connectivity index (χ4n) is 0.970. The molecule has 2 aromatic heterocycles. The zero-order valence-electron chi connectivity index (χ0n) is 6.06. The van der Waals surface area contributed by atoms with Crippen molar-refractivity contribution in [2.75, 3.05) is 0 Å². The SMILES string of the molecule is Cc1cn2ccncc2n1.Cl. The van der Waals surface area contributed by atoms with Crippen molar-refractivity contribution in [2.24, 2.45) is 0 Å². The molecule has 2 heterocycles. The lowest BCUT2D eigenvalue weighted by Crippen LogP contribution is -1.81. The molecule has 0 aliphatic rings. The van der Waals surface area contributed by atoms with Crippen molar-refractivity contribution in [3.05, 3.63) is 30.5 Å². The van der Waals surface area contributed by atoms with Crippen molar-refractivity contribution in [3.63, 3.8) is 0 Å². The lowest BCUT2D eigenvalue weighted by Gasteiger charge is -1.86. The van der Waals surface area contributed by atoms with Crippen LogP contribution in [0.2, 0.25) is 0 Å². The van der Waals surface area contributed by atoms with Crippen LogP contribution in [0.25, 0.3) is 5.65 Å². The molecule has 58 valence electrons. The highest BCUT2D eigenvalue weighted by molar-refractivity contribution is 5.85. The molecule has 0 N–H and O–H groups in total. The van der Waals surface area contributed by atoms with E-state index in [2.05, 4.69) is 9.97 Å². The van der Waals surface area contributed by atoms with Crippen molar-refractivity contribution < 1.29 is 0 Å². The first kappa shape index (κ1) is 8.01. The van der Waals surface area contributed by atoms with Crippen LogP contribution in [0.3, 0.4) is 0 Å². The highest BCUT2D eigenvalue weighted by atomic mass is 35.5. The lowest BCUT2D eigenvalue weighted by molar-refractivity contribution is 1.13. The van der Waals surface area contributed by atoms with Crippen LogP contribution < -0.4 is 0 Å². The van der Waals surface area contributed by atoms with Gasteiger partial charge in [0.15, 0.2) is 5.65 Å². The first-order chi connectivity index (χ1) is 4.86. The third-order valence-electron chi connectivity index (χ3n) is 1.38. The molecule has 0 radical (unpaired) electrons. The number of aryl methyl sites for hydroxylation is 1. The first-order valence-corrected chi connectivity index (χ1v) is 3.11. The van der Waals surface area contributed by atoms with E-state index >= 15 is 0 Å². The Morgan fingerprint density at radius 3 is 3.00 bits per heavy atom. The summed E-state index contributed by atoms with van der Waals surface area (Å²) in [6, 6.07) is 0. The second-order valence-electron chi connectivity index (χ2n) is 2.22. The van der Waals surface area contributed by atoms with Crippen molar-refractivity contribution in [2.45, 2.75) is 6.92 Å². The average Bonchev–Trinajstić information content (AvgIpc) is 2.27. The summed E-state index contributed by atoms with van der Waals surface area (Å²) in [6.45, 7) is 1.97. The van der Waals surface area contributed by atoms with Crippen molar-refractivity contribution >= 4 is 18.1 Å². The van der Waals surface area contributed by atoms with E-state index in [1.54, 1.807) is 12.4 Å². The van der Waals surface area contributed by atoms with Crippen LogP contribution in [0.1, 0.15) is 5.69 Å². The molecule has 2 aromatic rings. The number of fused-ring (bicyclic) bond motifs is 1. The van der Waals surface area contributed by atoms with Crippen LogP contribution in [0, 0.1) is 6.92 Å². The van der Waals surface area contributed by atoms with Crippen molar-refractivity contribution in [3.8, 4) is 0 Å². The third-order valence-corrected chi connectivity index (χ3v) is 1.38. The number of imidazole rings is 1. The van der Waals surface area contributed by atoms with E-state index in [4.69, 9.17) is 0 Å². The van der Waals surface area contributed by atoms with Gasteiger partial charge in [-0.1, -0.05) is 0 Å². The second kappa shape index (κ2) is 2.88. The van der Waals surface area contributed by atoms with E-state index < -0.39 is 0 Å². The molecule has 0 amide bonds. The predicted octanol–water partition coefficient (Wildman–Crippen LogP) is 1.46. The largest absolute Gasteiger partial charge is 0.304 e. The van der Waals surface area contributed by atoms with E-state index in [0.29, 0.717) is 0 Å². The molecular formula is C7H8ClN3. The summed E-state index contributed by atoms with van der Waals surface area (Å²) in [6.07, 6.45) is 7.34. The molecule has 3 nitrogen and oxygen atoms in total. The van der Waals surface area contributed by atoms with Gasteiger partial charge in [0.05, 0.1) is 11.9 Å². The predicted molar refractivity (Wildman–Crippen MR) is 45.0 cm³/mol. The van der Waals surface area contributed by atoms with Gasteiger partial charge in [-0.2, -0.15) is 0 Å². The van der Waals surface area contributed by atoms with Crippen LogP contribution in [-0.2, 0) is 0 Å². The Morgan fingerprint density at radius 1 is 1.45 bits per heavy atom. The molecule has 0 bridgehead atoms. The number of halogens is 1. The Hall–Kier alpha value is -1.09. The van der Waals surface area contributed by atoms with Crippen LogP contribution in [-0.4, -0.2) is 14.4 Å². The van der Waals surface area contributed by atoms with Crippen LogP contribution in [0.4, 0.5) is 0 Å². The summed E-state index contributed by atoms with van der Waals surface area (Å²) < 4.78 is 1.95. The van der Waals surface area contributed by atoms with E-state index in [-0.39, 0.29) is 12.4 Å². The molecule has 4 heteroatoms. The smallest absolute Gasteiger partial charge is 0.155 e. The standard InChI is InChI=1S/C7H7N3.ClH/c1-6-5-10-3-2-8-4-7(10)9-6;/h2-5H,1H3;1H. The molecule has 0 aliphatic heterocycles. The first-order valence-electron chi connectivity index (χ1n) is 3.11. The maximum absolute atomic E-state index is 4.21. The highest BCUT2D eigenvalue weighted by Gasteiger charge is 1.92. The summed E-state index contributed by atoms with van der Waals surface area (Å²) in [7, 11) is 0. The topological polar surface area (TPSA) is 30.2 Å². The molecule has 0 unspecified atom stereocenters. The van der Waals surface area contributed by atoms with Gasteiger partial charge in [0.2, 0.25) is 0 Å². The van der Waals surface area contributed by atoms with Crippen molar-refractivity contribution in [1.82, 2.24) is 14.4 Å². The number of hydrogen-bond donors (Lipinski definition) is 0. The molecule has 0 fully saturated rings. The van der Waals surface area contributed by atoms with Gasteiger partial charge < -0.3 is 4.40 Å². The van der Waals surface area contributed by atoms with Gasteiger partial charge in [0.25, 0.3) is 0 Å². The molecule has 0 aliphatic carbocycles. The highest BCUT2D eigenvalue weighted by Crippen LogP contribution is 1.99. The maximum Gasteiger partial charge on any atom is 0.155 e. The fraction of sp³-hybridized carbons (Fsp3) is 0.143. The van der Waals surface area contributed by atoms with Gasteiger partial charge in [-0.25, -0.2) is 4.98 Å². The normalized spacial score (nSPS) is 9.55. The summed E-state index contributed by atoms with van der Waals surface area (Å²) >= 11 is 0. The maximum atomic E-state index is 4.21. The van der Waals surface area contributed by atoms with E-state index in [1.807, 2.05) is 23.7 Å². The summed E-state index contributed by atoms with van der Waals surface area (Å²) in [4.78, 5) is 8.16. The van der Waals surface area contributed by atoms with Gasteiger partial charge >= 0.3 is 0 Å². The van der Waals surface area contributed by atoms with E-state index in [1.165, 1.54) is 0 Å². The number of nitrogens with zero attached hydrogens (tertiary/aromatic N) is 3. The van der Waals surface area contributed by atoms with Crippen LogP contribution >= 0.6 is 12.4 Å². The third kappa shape index (κ3) is 1.33. The molecule has 0 saturated carbocycles. The summed E-state index contributed by atoms with van der Waals surface area (Å²) in [5.74, 6) is 0. The Balaban J connectivity index is 0.000000605. The Morgan fingerprint density at radius 2 is 2.27 bits per heavy atom. The number of aromatic nitrogens is 3. The molecule has 0 atom stereocenters. The van der Waals surface area contributed by atoms with E-state index in [0.717, 1.165) is 11.3 Å². The Labute approximate surface area is 70.5 Å². The fourth-order valence-corrected chi connectivity index (χ4v) is 0.970. The average molecular weight is 170 g/mol. The molecule has 11 heavy (non-hydrogen) atoms. The number of rotatable bonds is 0. The minimum absolute atomic E-state index is 0. The zero-order valence-corrected chi connectivity index (χ0v) is 6.88. The second-order valence-corrected chi connectivity index (χ2v) is 2.22.